The Morgan fingerprint density at radius 1 is 0.957 bits per heavy atom. The number of benzene rings is 1. The van der Waals surface area contributed by atoms with Crippen LogP contribution >= 0.6 is 24.8 Å². The van der Waals surface area contributed by atoms with Gasteiger partial charge in [0.2, 0.25) is 0 Å². The molecule has 5 nitrogen and oxygen atoms in total. The Hall–Kier alpha value is -0.707. The molecule has 0 atom stereocenters. The Labute approximate surface area is 160 Å². The molecule has 0 aliphatic rings. The number of hydrogen-bond donors (Lipinski definition) is 2. The molecule has 2 N–H and O–H groups in total. The third kappa shape index (κ3) is 5.13. The van der Waals surface area contributed by atoms with Crippen LogP contribution in [-0.2, 0) is 23.2 Å². The van der Waals surface area contributed by atoms with Crippen LogP contribution in [-0.4, -0.2) is 25.6 Å². The van der Waals surface area contributed by atoms with Crippen molar-refractivity contribution in [2.24, 2.45) is 0 Å². The molecule has 0 bridgehead atoms. The monoisotopic (exact) mass is 435 g/mol. The summed E-state index contributed by atoms with van der Waals surface area (Å²) in [7, 11) is 0. The fraction of sp³-hybridized carbons (Fsp3) is 0.400. The normalized spacial score (nSPS) is 10.2. The number of halogens is 2. The van der Waals surface area contributed by atoms with Crippen molar-refractivity contribution in [3.8, 4) is 11.5 Å². The van der Waals surface area contributed by atoms with Gasteiger partial charge in [0, 0.05) is 0 Å². The van der Waals surface area contributed by atoms with Crippen LogP contribution in [0.3, 0.4) is 0 Å². The van der Waals surface area contributed by atoms with E-state index in [1.165, 1.54) is 0 Å². The third-order valence-corrected chi connectivity index (χ3v) is 6.40. The van der Waals surface area contributed by atoms with Gasteiger partial charge >= 0.3 is 136 Å². The van der Waals surface area contributed by atoms with E-state index >= 15 is 0 Å². The molecule has 8 heteroatoms. The van der Waals surface area contributed by atoms with Crippen LogP contribution in [0.15, 0.2) is 18.3 Å². The molecule has 0 radical (unpaired) electrons. The van der Waals surface area contributed by atoms with Crippen LogP contribution < -0.4 is 6.67 Å². The molecule has 0 fully saturated rings. The fourth-order valence-electron chi connectivity index (χ4n) is 2.14. The summed E-state index contributed by atoms with van der Waals surface area (Å²) < 4.78 is 1.50. The maximum atomic E-state index is 10.5. The summed E-state index contributed by atoms with van der Waals surface area (Å²) in [6, 6.07) is 3.72. The molecule has 0 spiro atoms. The summed E-state index contributed by atoms with van der Waals surface area (Å²) in [5.74, 6) is 0.837. The maximum Gasteiger partial charge on any atom is -0.147 e. The second kappa shape index (κ2) is 9.56. The molecule has 1 heterocycles. The van der Waals surface area contributed by atoms with Crippen molar-refractivity contribution in [3.63, 3.8) is 0 Å². The maximum absolute atomic E-state index is 10.5. The van der Waals surface area contributed by atoms with Gasteiger partial charge in [0.25, 0.3) is 0 Å². The van der Waals surface area contributed by atoms with Gasteiger partial charge in [-0.3, -0.25) is 0 Å². The zero-order valence-electron chi connectivity index (χ0n) is 13.4. The molecule has 0 unspecified atom stereocenters. The molecule has 0 amide bonds. The molecule has 1 aromatic heterocycles. The minimum Gasteiger partial charge on any atom is -0.147 e. The second-order valence-corrected chi connectivity index (χ2v) is 8.67. The van der Waals surface area contributed by atoms with E-state index in [1.807, 2.05) is 33.8 Å². The van der Waals surface area contributed by atoms with Crippen molar-refractivity contribution in [2.45, 2.75) is 39.5 Å². The molecule has 0 saturated heterocycles. The van der Waals surface area contributed by atoms with E-state index in [2.05, 4.69) is 15.4 Å². The number of hydrogen-bond acceptors (Lipinski definition) is 5. The van der Waals surface area contributed by atoms with Crippen molar-refractivity contribution in [3.05, 3.63) is 29.5 Å². The van der Waals surface area contributed by atoms with Crippen molar-refractivity contribution in [1.29, 1.82) is 0 Å². The van der Waals surface area contributed by atoms with Crippen molar-refractivity contribution in [2.75, 3.05) is 0 Å². The summed E-state index contributed by atoms with van der Waals surface area (Å²) in [6.45, 7) is 8.16. The van der Waals surface area contributed by atoms with Crippen LogP contribution in [0.4, 0.5) is 0 Å². The molecule has 0 aliphatic carbocycles. The number of phenols is 2. The summed E-state index contributed by atoms with van der Waals surface area (Å²) in [5.41, 5.74) is 1.77. The van der Waals surface area contributed by atoms with Gasteiger partial charge in [0.05, 0.1) is 0 Å². The molecule has 1 aromatic carbocycles. The summed E-state index contributed by atoms with van der Waals surface area (Å²) in [6.07, 6.45) is 1.59. The van der Waals surface area contributed by atoms with E-state index in [9.17, 15) is 10.2 Å². The molecular weight excluding hydrogens is 416 g/mol. The standard InChI is InChI=1S/C12H17O2.C3H2N3.2ClH.Zr/c1-7(2)9-5-10(8(3)4)12(14)6-11(9)13;1-2-4-6-5-3-1;;;/h5,7-8,13-14H,1-4H3;1-2H;2*1H;. The van der Waals surface area contributed by atoms with Gasteiger partial charge in [-0.2, -0.15) is 0 Å². The number of rotatable bonds is 4. The Morgan fingerprint density at radius 3 is 1.87 bits per heavy atom. The number of phenolic OH excluding ortho intramolecular Hbond substituents is 2. The number of aromatic hydroxyl groups is 2. The van der Waals surface area contributed by atoms with Crippen LogP contribution in [0.2, 0.25) is 0 Å². The molecular formula is C15H21Cl2N3O2Zr. The minimum atomic E-state index is -1.43. The van der Waals surface area contributed by atoms with Gasteiger partial charge < -0.3 is 0 Å². The first kappa shape index (κ1) is 22.3. The first-order valence-electron chi connectivity index (χ1n) is 6.92. The molecule has 2 aromatic rings. The Bertz CT molecular complexity index is 608. The van der Waals surface area contributed by atoms with Crippen LogP contribution in [0.25, 0.3) is 0 Å². The SMILES string of the molecule is CC(C)c1cc(C(C)C)c(O)[c]([Zr][c]2ccnnn2)c1O.Cl.Cl. The van der Waals surface area contributed by atoms with E-state index < -0.39 is 23.2 Å². The summed E-state index contributed by atoms with van der Waals surface area (Å²) >= 11 is -1.43. The topological polar surface area (TPSA) is 79.1 Å². The summed E-state index contributed by atoms with van der Waals surface area (Å²) in [4.78, 5) is 0. The predicted octanol–water partition coefficient (Wildman–Crippen LogP) is 2.41. The van der Waals surface area contributed by atoms with Crippen molar-refractivity contribution >= 4 is 31.5 Å². The molecule has 0 saturated carbocycles. The van der Waals surface area contributed by atoms with Gasteiger partial charge in [0.15, 0.2) is 0 Å². The Balaban J connectivity index is 0.00000242. The van der Waals surface area contributed by atoms with Crippen LogP contribution in [0.1, 0.15) is 50.7 Å². The first-order chi connectivity index (χ1) is 9.91. The van der Waals surface area contributed by atoms with Crippen LogP contribution in [0.5, 0.6) is 11.5 Å². The smallest absolute Gasteiger partial charge is 0.147 e. The van der Waals surface area contributed by atoms with Gasteiger partial charge in [-0.25, -0.2) is 0 Å². The number of nitrogens with zero attached hydrogens (tertiary/aromatic N) is 3. The van der Waals surface area contributed by atoms with Gasteiger partial charge in [-0.05, 0) is 0 Å². The van der Waals surface area contributed by atoms with E-state index in [0.717, 1.165) is 14.5 Å². The first-order valence-corrected chi connectivity index (χ1v) is 9.37. The largest absolute Gasteiger partial charge is 0.147 e. The average molecular weight is 437 g/mol. The van der Waals surface area contributed by atoms with Crippen molar-refractivity contribution < 1.29 is 33.4 Å². The van der Waals surface area contributed by atoms with Gasteiger partial charge in [-0.1, -0.05) is 0 Å². The third-order valence-electron chi connectivity index (χ3n) is 3.33. The Morgan fingerprint density at radius 2 is 1.48 bits per heavy atom. The zero-order chi connectivity index (χ0) is 15.6. The quantitative estimate of drug-likeness (QED) is 0.768. The average Bonchev–Trinajstić information content (AvgIpc) is 2.44. The van der Waals surface area contributed by atoms with Crippen LogP contribution in [0, 0.1) is 0 Å². The molecule has 126 valence electrons. The van der Waals surface area contributed by atoms with E-state index in [-0.39, 0.29) is 48.1 Å². The number of aromatic nitrogens is 3. The minimum absolute atomic E-state index is 0. The van der Waals surface area contributed by atoms with E-state index in [1.54, 1.807) is 12.3 Å². The Kier molecular flexibility index (Phi) is 9.26. The fourth-order valence-corrected chi connectivity index (χ4v) is 4.68. The van der Waals surface area contributed by atoms with E-state index in [4.69, 9.17) is 0 Å². The molecule has 23 heavy (non-hydrogen) atoms. The zero-order valence-corrected chi connectivity index (χ0v) is 17.5. The predicted molar refractivity (Wildman–Crippen MR) is 91.5 cm³/mol. The van der Waals surface area contributed by atoms with Crippen molar-refractivity contribution in [1.82, 2.24) is 15.4 Å². The van der Waals surface area contributed by atoms with Gasteiger partial charge in [-0.15, -0.1) is 24.8 Å². The molecule has 2 rings (SSSR count). The second-order valence-electron chi connectivity index (χ2n) is 5.57. The van der Waals surface area contributed by atoms with Gasteiger partial charge in [0.1, 0.15) is 0 Å². The van der Waals surface area contributed by atoms with E-state index in [0.29, 0.717) is 3.27 Å². The summed E-state index contributed by atoms with van der Waals surface area (Å²) in [5, 5.41) is 32.3. The molecule has 0 aliphatic heterocycles.